The van der Waals surface area contributed by atoms with Crippen molar-refractivity contribution in [3.05, 3.63) is 34.3 Å². The third kappa shape index (κ3) is 3.69. The lowest BCUT2D eigenvalue weighted by Crippen LogP contribution is -2.39. The minimum Gasteiger partial charge on any atom is -0.337 e. The van der Waals surface area contributed by atoms with Gasteiger partial charge in [-0.3, -0.25) is 4.79 Å². The number of piperidine rings is 1. The van der Waals surface area contributed by atoms with E-state index in [-0.39, 0.29) is 11.3 Å². The summed E-state index contributed by atoms with van der Waals surface area (Å²) in [5.74, 6) is 0.720. The van der Waals surface area contributed by atoms with Crippen molar-refractivity contribution in [2.75, 3.05) is 13.1 Å². The van der Waals surface area contributed by atoms with Crippen LogP contribution in [0.1, 0.15) is 54.8 Å². The lowest BCUT2D eigenvalue weighted by atomic mass is 9.92. The van der Waals surface area contributed by atoms with E-state index >= 15 is 0 Å². The molecular formula is C18H26N4OS. The van der Waals surface area contributed by atoms with Gasteiger partial charge in [-0.25, -0.2) is 9.97 Å². The molecule has 130 valence electrons. The van der Waals surface area contributed by atoms with Crippen molar-refractivity contribution in [3.63, 3.8) is 0 Å². The number of imidazole rings is 1. The van der Waals surface area contributed by atoms with Gasteiger partial charge in [0.2, 0.25) is 0 Å². The summed E-state index contributed by atoms with van der Waals surface area (Å²) in [6, 6.07) is 0. The number of thiazole rings is 1. The van der Waals surface area contributed by atoms with Crippen molar-refractivity contribution in [1.82, 2.24) is 19.4 Å². The number of hydrogen-bond acceptors (Lipinski definition) is 4. The zero-order valence-electron chi connectivity index (χ0n) is 15.0. The Morgan fingerprint density at radius 1 is 1.33 bits per heavy atom. The van der Waals surface area contributed by atoms with Gasteiger partial charge in [0.1, 0.15) is 5.69 Å². The zero-order valence-corrected chi connectivity index (χ0v) is 15.8. The minimum atomic E-state index is 0.0951. The molecule has 0 saturated carbocycles. The van der Waals surface area contributed by atoms with Crippen LogP contribution in [-0.4, -0.2) is 38.4 Å². The molecule has 2 aromatic heterocycles. The summed E-state index contributed by atoms with van der Waals surface area (Å²) in [5, 5.41) is 3.42. The summed E-state index contributed by atoms with van der Waals surface area (Å²) in [6.45, 7) is 8.26. The Kier molecular flexibility index (Phi) is 4.76. The highest BCUT2D eigenvalue weighted by Gasteiger charge is 2.26. The third-order valence-corrected chi connectivity index (χ3v) is 5.59. The molecule has 6 heteroatoms. The average molecular weight is 347 g/mol. The molecule has 0 spiro atoms. The fraction of sp³-hybridized carbons (Fsp3) is 0.611. The quantitative estimate of drug-likeness (QED) is 0.857. The van der Waals surface area contributed by atoms with E-state index in [0.29, 0.717) is 11.6 Å². The molecular weight excluding hydrogens is 320 g/mol. The molecule has 1 fully saturated rings. The lowest BCUT2D eigenvalue weighted by Gasteiger charge is -2.31. The van der Waals surface area contributed by atoms with Gasteiger partial charge in [-0.15, -0.1) is 11.3 Å². The number of carbonyl (C=O) groups excluding carboxylic acids is 1. The van der Waals surface area contributed by atoms with Crippen LogP contribution in [0.2, 0.25) is 0 Å². The first-order chi connectivity index (χ1) is 11.3. The first-order valence-corrected chi connectivity index (χ1v) is 9.43. The second-order valence-corrected chi connectivity index (χ2v) is 8.65. The largest absolute Gasteiger partial charge is 0.337 e. The number of amides is 1. The molecule has 0 unspecified atom stereocenters. The van der Waals surface area contributed by atoms with Crippen LogP contribution in [0, 0.1) is 5.92 Å². The molecule has 1 aliphatic rings. The van der Waals surface area contributed by atoms with Crippen LogP contribution in [0.3, 0.4) is 0 Å². The maximum Gasteiger partial charge on any atom is 0.272 e. The monoisotopic (exact) mass is 346 g/mol. The van der Waals surface area contributed by atoms with Gasteiger partial charge in [-0.1, -0.05) is 20.8 Å². The molecule has 0 atom stereocenters. The van der Waals surface area contributed by atoms with Gasteiger partial charge in [0, 0.05) is 37.4 Å². The van der Waals surface area contributed by atoms with Crippen LogP contribution in [-0.2, 0) is 18.9 Å². The van der Waals surface area contributed by atoms with Crippen LogP contribution < -0.4 is 0 Å². The van der Waals surface area contributed by atoms with Crippen LogP contribution >= 0.6 is 11.3 Å². The lowest BCUT2D eigenvalue weighted by molar-refractivity contribution is 0.0681. The molecule has 0 radical (unpaired) electrons. The fourth-order valence-electron chi connectivity index (χ4n) is 3.06. The molecule has 0 N–H and O–H groups in total. The second kappa shape index (κ2) is 6.67. The second-order valence-electron chi connectivity index (χ2n) is 7.71. The van der Waals surface area contributed by atoms with Gasteiger partial charge >= 0.3 is 0 Å². The molecule has 0 aliphatic carbocycles. The molecule has 1 aliphatic heterocycles. The first-order valence-electron chi connectivity index (χ1n) is 8.55. The van der Waals surface area contributed by atoms with E-state index in [9.17, 15) is 4.79 Å². The predicted octanol–water partition coefficient (Wildman–Crippen LogP) is 3.27. The average Bonchev–Trinajstić information content (AvgIpc) is 3.16. The van der Waals surface area contributed by atoms with Crippen LogP contribution in [0.25, 0.3) is 0 Å². The fourth-order valence-corrected chi connectivity index (χ4v) is 4.20. The Hall–Kier alpha value is -1.69. The Morgan fingerprint density at radius 3 is 2.58 bits per heavy atom. The van der Waals surface area contributed by atoms with Crippen LogP contribution in [0.15, 0.2) is 17.9 Å². The van der Waals surface area contributed by atoms with Crippen molar-refractivity contribution < 1.29 is 4.79 Å². The highest BCUT2D eigenvalue weighted by Crippen LogP contribution is 2.28. The van der Waals surface area contributed by atoms with Crippen LogP contribution in [0.4, 0.5) is 0 Å². The van der Waals surface area contributed by atoms with Gasteiger partial charge in [-0.2, -0.15) is 0 Å². The first kappa shape index (κ1) is 17.1. The number of nitrogens with zero attached hydrogens (tertiary/aromatic N) is 4. The normalized spacial score (nSPS) is 16.6. The van der Waals surface area contributed by atoms with Crippen molar-refractivity contribution in [2.45, 2.75) is 45.4 Å². The summed E-state index contributed by atoms with van der Waals surface area (Å²) >= 11 is 1.77. The Balaban J connectivity index is 1.55. The molecule has 5 nitrogen and oxygen atoms in total. The number of rotatable bonds is 3. The Morgan fingerprint density at radius 2 is 2.04 bits per heavy atom. The number of carbonyl (C=O) groups is 1. The highest BCUT2D eigenvalue weighted by molar-refractivity contribution is 7.09. The number of aromatic nitrogens is 3. The van der Waals surface area contributed by atoms with E-state index in [1.54, 1.807) is 28.4 Å². The highest BCUT2D eigenvalue weighted by atomic mass is 32.1. The molecule has 24 heavy (non-hydrogen) atoms. The molecule has 0 aromatic carbocycles. The van der Waals surface area contributed by atoms with E-state index in [1.807, 2.05) is 11.9 Å². The van der Waals surface area contributed by atoms with E-state index in [4.69, 9.17) is 4.98 Å². The third-order valence-electron chi connectivity index (χ3n) is 4.72. The van der Waals surface area contributed by atoms with E-state index in [0.717, 1.165) is 32.4 Å². The Bertz CT molecular complexity index is 705. The standard InChI is InChI=1S/C18H26N4OS/c1-18(2,3)15-11-24-16(20-15)9-13-5-7-22(8-6-13)17(23)14-10-19-12-21(14)4/h10-13H,5-9H2,1-4H3. The van der Waals surface area contributed by atoms with Crippen molar-refractivity contribution in [1.29, 1.82) is 0 Å². The zero-order chi connectivity index (χ0) is 17.3. The number of likely N-dealkylation sites (tertiary alicyclic amines) is 1. The van der Waals surface area contributed by atoms with Crippen molar-refractivity contribution in [3.8, 4) is 0 Å². The summed E-state index contributed by atoms with van der Waals surface area (Å²) in [7, 11) is 1.86. The Labute approximate surface area is 147 Å². The maximum atomic E-state index is 12.5. The van der Waals surface area contributed by atoms with E-state index in [2.05, 4.69) is 31.1 Å². The van der Waals surface area contributed by atoms with Gasteiger partial charge < -0.3 is 9.47 Å². The van der Waals surface area contributed by atoms with Gasteiger partial charge in [-0.05, 0) is 18.8 Å². The molecule has 0 bridgehead atoms. The van der Waals surface area contributed by atoms with Crippen LogP contribution in [0.5, 0.6) is 0 Å². The minimum absolute atomic E-state index is 0.0951. The van der Waals surface area contributed by atoms with Gasteiger partial charge in [0.25, 0.3) is 5.91 Å². The SMILES string of the molecule is Cn1cncc1C(=O)N1CCC(Cc2nc(C(C)(C)C)cs2)CC1. The molecule has 1 amide bonds. The van der Waals surface area contributed by atoms with Crippen molar-refractivity contribution >= 4 is 17.2 Å². The maximum absolute atomic E-state index is 12.5. The summed E-state index contributed by atoms with van der Waals surface area (Å²) in [5.41, 5.74) is 1.97. The number of aryl methyl sites for hydroxylation is 1. The van der Waals surface area contributed by atoms with E-state index in [1.165, 1.54) is 10.7 Å². The summed E-state index contributed by atoms with van der Waals surface area (Å²) in [4.78, 5) is 23.3. The summed E-state index contributed by atoms with van der Waals surface area (Å²) in [6.07, 6.45) is 6.46. The topological polar surface area (TPSA) is 51.0 Å². The smallest absolute Gasteiger partial charge is 0.272 e. The van der Waals surface area contributed by atoms with Gasteiger partial charge in [0.05, 0.1) is 23.2 Å². The molecule has 3 rings (SSSR count). The molecule has 3 heterocycles. The number of hydrogen-bond donors (Lipinski definition) is 0. The summed E-state index contributed by atoms with van der Waals surface area (Å²) < 4.78 is 1.79. The van der Waals surface area contributed by atoms with E-state index < -0.39 is 0 Å². The predicted molar refractivity (Wildman–Crippen MR) is 96.4 cm³/mol. The van der Waals surface area contributed by atoms with Crippen molar-refractivity contribution in [2.24, 2.45) is 13.0 Å². The molecule has 1 saturated heterocycles. The molecule has 2 aromatic rings. The van der Waals surface area contributed by atoms with Gasteiger partial charge in [0.15, 0.2) is 0 Å².